The quantitative estimate of drug-likeness (QED) is 0.490. The molecular weight excluding hydrogens is 457 g/mol. The van der Waals surface area contributed by atoms with Gasteiger partial charge in [-0.3, -0.25) is 0 Å². The topological polar surface area (TPSA) is 53.9 Å². The molecule has 0 spiro atoms. The minimum atomic E-state index is 0. The Morgan fingerprint density at radius 3 is 2.76 bits per heavy atom. The van der Waals surface area contributed by atoms with Crippen LogP contribution in [0.3, 0.4) is 0 Å². The number of hydrogen-bond donors (Lipinski definition) is 1. The van der Waals surface area contributed by atoms with Crippen LogP contribution in [0.2, 0.25) is 0 Å². The third-order valence-corrected chi connectivity index (χ3v) is 2.07. The molecule has 2 heterocycles. The molecular formula is C11H10N4RbW-. The molecule has 0 fully saturated rings. The second-order valence-corrected chi connectivity index (χ2v) is 3.07. The summed E-state index contributed by atoms with van der Waals surface area (Å²) in [7, 11) is 1.68. The van der Waals surface area contributed by atoms with Gasteiger partial charge in [0.25, 0.3) is 0 Å². The molecule has 2 aromatic heterocycles. The fourth-order valence-corrected chi connectivity index (χ4v) is 1.29. The molecule has 0 aliphatic heterocycles. The summed E-state index contributed by atoms with van der Waals surface area (Å²) in [5.41, 5.74) is 3.46. The molecule has 0 saturated carbocycles. The zero-order valence-corrected chi connectivity index (χ0v) is 17.8. The number of pyridine rings is 1. The fourth-order valence-electron chi connectivity index (χ4n) is 1.29. The van der Waals surface area contributed by atoms with Gasteiger partial charge in [0.2, 0.25) is 0 Å². The first-order valence-electron chi connectivity index (χ1n) is 4.55. The van der Waals surface area contributed by atoms with Crippen molar-refractivity contribution in [2.45, 2.75) is 6.92 Å². The Hall–Kier alpha value is 0.524. The molecule has 4 nitrogen and oxygen atoms in total. The van der Waals surface area contributed by atoms with E-state index in [4.69, 9.17) is 0 Å². The molecule has 6 heteroatoms. The van der Waals surface area contributed by atoms with Crippen LogP contribution in [0.4, 0.5) is 0 Å². The number of aromatic amines is 1. The number of nitrogens with one attached hydrogen (secondary N) is 1. The largest absolute Gasteiger partial charge is 1.00 e. The third-order valence-electron chi connectivity index (χ3n) is 2.07. The first kappa shape index (κ1) is 17.5. The molecule has 0 aliphatic rings. The van der Waals surface area contributed by atoms with Crippen molar-refractivity contribution in [2.75, 3.05) is 7.05 Å². The molecule has 0 atom stereocenters. The summed E-state index contributed by atoms with van der Waals surface area (Å²) in [6, 6.07) is 3.72. The number of nitrogens with zero attached hydrogens (tertiary/aromatic N) is 3. The van der Waals surface area contributed by atoms with E-state index in [-0.39, 0.29) is 79.3 Å². The van der Waals surface area contributed by atoms with Crippen molar-refractivity contribution < 1.29 is 79.3 Å². The van der Waals surface area contributed by atoms with Crippen LogP contribution in [-0.4, -0.2) is 22.0 Å². The van der Waals surface area contributed by atoms with Crippen molar-refractivity contribution in [2.24, 2.45) is 4.99 Å². The third kappa shape index (κ3) is 4.60. The number of aromatic nitrogens is 3. The molecule has 0 aliphatic carbocycles. The average Bonchev–Trinajstić information content (AvgIpc) is 2.31. The Morgan fingerprint density at radius 2 is 2.18 bits per heavy atom. The molecule has 0 bridgehead atoms. The minimum absolute atomic E-state index is 0. The van der Waals surface area contributed by atoms with Crippen LogP contribution in [0, 0.1) is 19.3 Å². The molecule has 82 valence electrons. The van der Waals surface area contributed by atoms with Crippen molar-refractivity contribution in [3.8, 4) is 11.3 Å². The van der Waals surface area contributed by atoms with Crippen molar-refractivity contribution in [1.29, 1.82) is 0 Å². The zero-order chi connectivity index (χ0) is 10.7. The number of H-pyrrole nitrogens is 1. The molecule has 0 saturated heterocycles. The summed E-state index contributed by atoms with van der Waals surface area (Å²) in [6.45, 7) is 1.94. The molecule has 0 radical (unpaired) electrons. The van der Waals surface area contributed by atoms with Crippen LogP contribution in [0.15, 0.2) is 23.3 Å². The first-order valence-corrected chi connectivity index (χ1v) is 4.55. The minimum Gasteiger partial charge on any atom is -0.440 e. The maximum atomic E-state index is 4.01. The van der Waals surface area contributed by atoms with Crippen molar-refractivity contribution in [3.05, 3.63) is 41.9 Å². The summed E-state index contributed by atoms with van der Waals surface area (Å²) in [6.07, 6.45) is 7.40. The van der Waals surface area contributed by atoms with E-state index in [0.717, 1.165) is 16.8 Å². The second-order valence-electron chi connectivity index (χ2n) is 3.07. The van der Waals surface area contributed by atoms with Crippen molar-refractivity contribution >= 4 is 0 Å². The van der Waals surface area contributed by atoms with E-state index in [0.29, 0.717) is 5.62 Å². The predicted molar refractivity (Wildman–Crippen MR) is 55.7 cm³/mol. The first-order chi connectivity index (χ1) is 7.31. The predicted octanol–water partition coefficient (Wildman–Crippen LogP) is -2.09. The van der Waals surface area contributed by atoms with Gasteiger partial charge in [-0.1, -0.05) is 25.5 Å². The van der Waals surface area contributed by atoms with Gasteiger partial charge < -0.3 is 19.9 Å². The number of rotatable bonds is 1. The monoisotopic (exact) mass is 467 g/mol. The average molecular weight is 468 g/mol. The normalized spacial score (nSPS) is 10.4. The maximum Gasteiger partial charge on any atom is 1.00 e. The van der Waals surface area contributed by atoms with Gasteiger partial charge >= 0.3 is 58.2 Å². The SMILES string of the molecule is CN=c1n[c-]c(C)c(-c2c[c-]ncc2)[nH]1.[Rb+].[W]. The Bertz CT molecular complexity index is 524. The number of hydrogen-bond acceptors (Lipinski definition) is 3. The van der Waals surface area contributed by atoms with E-state index in [2.05, 4.69) is 32.3 Å². The molecule has 0 unspecified atom stereocenters. The standard InChI is InChI=1S/C11H10N4.Rb.W/c1-8-7-14-11(12-2)15-10(8)9-3-5-13-6-4-9;;/h3-5H,1-2H3,(H,12,14,15);;/q-2;+1;. The van der Waals surface area contributed by atoms with E-state index in [9.17, 15) is 0 Å². The van der Waals surface area contributed by atoms with Crippen molar-refractivity contribution in [3.63, 3.8) is 0 Å². The van der Waals surface area contributed by atoms with Crippen LogP contribution in [-0.2, 0) is 21.1 Å². The van der Waals surface area contributed by atoms with Crippen LogP contribution < -0.4 is 63.8 Å². The van der Waals surface area contributed by atoms with Gasteiger partial charge in [-0.05, 0) is 0 Å². The second kappa shape index (κ2) is 8.60. The van der Waals surface area contributed by atoms with E-state index in [1.807, 2.05) is 19.1 Å². The summed E-state index contributed by atoms with van der Waals surface area (Å²) in [5, 5.41) is 0. The van der Waals surface area contributed by atoms with Crippen LogP contribution in [0.1, 0.15) is 5.56 Å². The number of aryl methyl sites for hydroxylation is 1. The Labute approximate surface area is 163 Å². The Morgan fingerprint density at radius 1 is 1.41 bits per heavy atom. The van der Waals surface area contributed by atoms with Gasteiger partial charge in [0.05, 0.1) is 0 Å². The molecule has 2 rings (SSSR count). The molecule has 17 heavy (non-hydrogen) atoms. The van der Waals surface area contributed by atoms with Crippen LogP contribution >= 0.6 is 0 Å². The Balaban J connectivity index is 0.00000128. The molecule has 1 N–H and O–H groups in total. The van der Waals surface area contributed by atoms with Gasteiger partial charge in [-0.2, -0.15) is 17.7 Å². The van der Waals surface area contributed by atoms with Gasteiger partial charge in [0.1, 0.15) is 5.62 Å². The van der Waals surface area contributed by atoms with Gasteiger partial charge in [0, 0.05) is 28.1 Å². The molecule has 0 amide bonds. The van der Waals surface area contributed by atoms with Gasteiger partial charge in [0.15, 0.2) is 0 Å². The van der Waals surface area contributed by atoms with Gasteiger partial charge in [-0.15, -0.1) is 11.3 Å². The van der Waals surface area contributed by atoms with Crippen molar-refractivity contribution in [1.82, 2.24) is 15.0 Å². The van der Waals surface area contributed by atoms with E-state index >= 15 is 0 Å². The van der Waals surface area contributed by atoms with E-state index < -0.39 is 0 Å². The fraction of sp³-hybridized carbons (Fsp3) is 0.182. The van der Waals surface area contributed by atoms with Gasteiger partial charge in [-0.25, -0.2) is 0 Å². The molecule has 0 aromatic carbocycles. The zero-order valence-electron chi connectivity index (χ0n) is 9.98. The summed E-state index contributed by atoms with van der Waals surface area (Å²) >= 11 is 0. The Kier molecular flexibility index (Phi) is 8.86. The van der Waals surface area contributed by atoms with E-state index in [1.165, 1.54) is 0 Å². The summed E-state index contributed by atoms with van der Waals surface area (Å²) < 4.78 is 0. The smallest absolute Gasteiger partial charge is 0.440 e. The van der Waals surface area contributed by atoms with E-state index in [1.54, 1.807) is 13.2 Å². The maximum absolute atomic E-state index is 4.01. The van der Waals surface area contributed by atoms with Crippen LogP contribution in [0.5, 0.6) is 0 Å². The summed E-state index contributed by atoms with van der Waals surface area (Å²) in [4.78, 5) is 15.0. The molecule has 2 aromatic rings. The van der Waals surface area contributed by atoms with Crippen LogP contribution in [0.25, 0.3) is 11.3 Å². The summed E-state index contributed by atoms with van der Waals surface area (Å²) in [5.74, 6) is 0.